The van der Waals surface area contributed by atoms with Gasteiger partial charge in [-0.2, -0.15) is 0 Å². The minimum atomic E-state index is -0.196. The molecule has 0 spiro atoms. The van der Waals surface area contributed by atoms with Crippen LogP contribution in [0.3, 0.4) is 0 Å². The van der Waals surface area contributed by atoms with Gasteiger partial charge in [-0.3, -0.25) is 0 Å². The topological polar surface area (TPSA) is 29.5 Å². The highest BCUT2D eigenvalue weighted by atomic mass is 16.5. The first-order valence-corrected chi connectivity index (χ1v) is 5.57. The van der Waals surface area contributed by atoms with Gasteiger partial charge in [0.25, 0.3) is 0 Å². The van der Waals surface area contributed by atoms with Crippen LogP contribution in [0.15, 0.2) is 24.3 Å². The van der Waals surface area contributed by atoms with Gasteiger partial charge < -0.3 is 9.84 Å². The quantitative estimate of drug-likeness (QED) is 0.801. The van der Waals surface area contributed by atoms with E-state index in [1.165, 1.54) is 11.1 Å². The Morgan fingerprint density at radius 1 is 1.40 bits per heavy atom. The van der Waals surface area contributed by atoms with E-state index in [4.69, 9.17) is 4.74 Å². The van der Waals surface area contributed by atoms with Gasteiger partial charge in [-0.1, -0.05) is 24.3 Å². The summed E-state index contributed by atoms with van der Waals surface area (Å²) in [6.07, 6.45) is 1.50. The Kier molecular flexibility index (Phi) is 3.39. The van der Waals surface area contributed by atoms with Gasteiger partial charge in [0.15, 0.2) is 0 Å². The van der Waals surface area contributed by atoms with Crippen LogP contribution in [0.2, 0.25) is 0 Å². The molecule has 0 radical (unpaired) electrons. The van der Waals surface area contributed by atoms with Gasteiger partial charge in [-0.15, -0.1) is 0 Å². The van der Waals surface area contributed by atoms with E-state index >= 15 is 0 Å². The number of aliphatic hydroxyl groups is 1. The Labute approximate surface area is 90.9 Å². The van der Waals surface area contributed by atoms with Crippen molar-refractivity contribution in [2.45, 2.75) is 25.9 Å². The normalized spacial score (nSPS) is 26.5. The van der Waals surface area contributed by atoms with Gasteiger partial charge in [0.05, 0.1) is 12.7 Å². The van der Waals surface area contributed by atoms with Crippen molar-refractivity contribution in [2.75, 3.05) is 13.2 Å². The fraction of sp³-hybridized carbons (Fsp3) is 0.538. The van der Waals surface area contributed by atoms with Crippen LogP contribution in [0, 0.1) is 12.8 Å². The van der Waals surface area contributed by atoms with E-state index in [0.29, 0.717) is 13.2 Å². The Balaban J connectivity index is 2.04. The summed E-state index contributed by atoms with van der Waals surface area (Å²) in [6, 6.07) is 8.35. The highest BCUT2D eigenvalue weighted by molar-refractivity contribution is 5.26. The third-order valence-corrected chi connectivity index (χ3v) is 3.18. The molecular weight excluding hydrogens is 188 g/mol. The first-order chi connectivity index (χ1) is 7.27. The summed E-state index contributed by atoms with van der Waals surface area (Å²) in [5.74, 6) is 0.264. The van der Waals surface area contributed by atoms with Gasteiger partial charge in [0.2, 0.25) is 0 Å². The predicted molar refractivity (Wildman–Crippen MR) is 59.8 cm³/mol. The standard InChI is InChI=1S/C13H18O2/c1-10-4-2-3-5-11(10)8-12-9-15-7-6-13(12)14/h2-5,12-14H,6-9H2,1H3/t12-,13+/m1/s1. The minimum Gasteiger partial charge on any atom is -0.393 e. The lowest BCUT2D eigenvalue weighted by molar-refractivity contribution is -0.0351. The second kappa shape index (κ2) is 4.77. The number of hydrogen-bond acceptors (Lipinski definition) is 2. The second-order valence-electron chi connectivity index (χ2n) is 4.32. The summed E-state index contributed by atoms with van der Waals surface area (Å²) in [5, 5.41) is 9.84. The SMILES string of the molecule is Cc1ccccc1C[C@@H]1COCC[C@@H]1O. The van der Waals surface area contributed by atoms with Crippen LogP contribution in [0.5, 0.6) is 0 Å². The number of ether oxygens (including phenoxy) is 1. The maximum atomic E-state index is 9.84. The number of aliphatic hydroxyl groups excluding tert-OH is 1. The van der Waals surface area contributed by atoms with Crippen LogP contribution in [0.4, 0.5) is 0 Å². The monoisotopic (exact) mass is 206 g/mol. The molecule has 0 amide bonds. The molecule has 0 unspecified atom stereocenters. The Morgan fingerprint density at radius 2 is 2.20 bits per heavy atom. The fourth-order valence-electron chi connectivity index (χ4n) is 2.10. The second-order valence-corrected chi connectivity index (χ2v) is 4.32. The molecule has 1 fully saturated rings. The summed E-state index contributed by atoms with van der Waals surface area (Å²) in [5.41, 5.74) is 2.63. The van der Waals surface area contributed by atoms with Crippen molar-refractivity contribution in [2.24, 2.45) is 5.92 Å². The summed E-state index contributed by atoms with van der Waals surface area (Å²) in [4.78, 5) is 0. The molecule has 2 rings (SSSR count). The van der Waals surface area contributed by atoms with Gasteiger partial charge in [0.1, 0.15) is 0 Å². The number of aryl methyl sites for hydroxylation is 1. The van der Waals surface area contributed by atoms with E-state index in [9.17, 15) is 5.11 Å². The molecule has 2 nitrogen and oxygen atoms in total. The molecular formula is C13H18O2. The van der Waals surface area contributed by atoms with Gasteiger partial charge in [0, 0.05) is 12.5 Å². The molecule has 1 aliphatic heterocycles. The van der Waals surface area contributed by atoms with Crippen molar-refractivity contribution in [3.05, 3.63) is 35.4 Å². The lowest BCUT2D eigenvalue weighted by atomic mass is 9.90. The molecule has 2 atom stereocenters. The van der Waals surface area contributed by atoms with Crippen molar-refractivity contribution in [1.29, 1.82) is 0 Å². The predicted octanol–water partition coefficient (Wildman–Crippen LogP) is 1.93. The number of rotatable bonds is 2. The first-order valence-electron chi connectivity index (χ1n) is 5.57. The molecule has 2 heteroatoms. The largest absolute Gasteiger partial charge is 0.393 e. The number of benzene rings is 1. The molecule has 15 heavy (non-hydrogen) atoms. The maximum absolute atomic E-state index is 9.84. The van der Waals surface area contributed by atoms with Gasteiger partial charge in [-0.25, -0.2) is 0 Å². The van der Waals surface area contributed by atoms with Crippen LogP contribution < -0.4 is 0 Å². The van der Waals surface area contributed by atoms with E-state index in [2.05, 4.69) is 25.1 Å². The minimum absolute atomic E-state index is 0.196. The summed E-state index contributed by atoms with van der Waals surface area (Å²) < 4.78 is 5.40. The van der Waals surface area contributed by atoms with Crippen molar-refractivity contribution < 1.29 is 9.84 Å². The van der Waals surface area contributed by atoms with E-state index in [0.717, 1.165) is 12.8 Å². The third-order valence-electron chi connectivity index (χ3n) is 3.18. The maximum Gasteiger partial charge on any atom is 0.0615 e. The molecule has 1 aromatic rings. The summed E-state index contributed by atoms with van der Waals surface area (Å²) >= 11 is 0. The Hall–Kier alpha value is -0.860. The average Bonchev–Trinajstić information content (AvgIpc) is 2.24. The number of hydrogen-bond donors (Lipinski definition) is 1. The zero-order chi connectivity index (χ0) is 10.7. The fourth-order valence-corrected chi connectivity index (χ4v) is 2.10. The molecule has 0 aromatic heterocycles. The van der Waals surface area contributed by atoms with Crippen LogP contribution >= 0.6 is 0 Å². The molecule has 0 saturated carbocycles. The van der Waals surface area contributed by atoms with E-state index < -0.39 is 0 Å². The van der Waals surface area contributed by atoms with E-state index in [1.54, 1.807) is 0 Å². The van der Waals surface area contributed by atoms with Crippen molar-refractivity contribution in [3.63, 3.8) is 0 Å². The lowest BCUT2D eigenvalue weighted by Gasteiger charge is -2.28. The third kappa shape index (κ3) is 2.58. The van der Waals surface area contributed by atoms with Crippen LogP contribution in [0.25, 0.3) is 0 Å². The van der Waals surface area contributed by atoms with Crippen molar-refractivity contribution in [1.82, 2.24) is 0 Å². The molecule has 82 valence electrons. The van der Waals surface area contributed by atoms with Crippen molar-refractivity contribution in [3.8, 4) is 0 Å². The van der Waals surface area contributed by atoms with Crippen molar-refractivity contribution >= 4 is 0 Å². The van der Waals surface area contributed by atoms with Gasteiger partial charge >= 0.3 is 0 Å². The summed E-state index contributed by atoms with van der Waals surface area (Å²) in [6.45, 7) is 3.51. The summed E-state index contributed by atoms with van der Waals surface area (Å²) in [7, 11) is 0. The zero-order valence-electron chi connectivity index (χ0n) is 9.15. The average molecular weight is 206 g/mol. The lowest BCUT2D eigenvalue weighted by Crippen LogP contribution is -2.33. The molecule has 1 aliphatic rings. The highest BCUT2D eigenvalue weighted by Gasteiger charge is 2.24. The van der Waals surface area contributed by atoms with E-state index in [1.807, 2.05) is 6.07 Å². The molecule has 1 aromatic carbocycles. The van der Waals surface area contributed by atoms with E-state index in [-0.39, 0.29) is 12.0 Å². The Morgan fingerprint density at radius 3 is 2.93 bits per heavy atom. The van der Waals surface area contributed by atoms with Crippen LogP contribution in [-0.2, 0) is 11.2 Å². The molecule has 1 N–H and O–H groups in total. The molecule has 1 saturated heterocycles. The Bertz CT molecular complexity index is 322. The molecule has 0 aliphatic carbocycles. The molecule has 0 bridgehead atoms. The zero-order valence-corrected chi connectivity index (χ0v) is 9.15. The van der Waals surface area contributed by atoms with Crippen LogP contribution in [0.1, 0.15) is 17.5 Å². The molecule has 1 heterocycles. The van der Waals surface area contributed by atoms with Gasteiger partial charge in [-0.05, 0) is 30.9 Å². The first kappa shape index (κ1) is 10.7. The van der Waals surface area contributed by atoms with Crippen LogP contribution in [-0.4, -0.2) is 24.4 Å². The smallest absolute Gasteiger partial charge is 0.0615 e. The highest BCUT2D eigenvalue weighted by Crippen LogP contribution is 2.21.